The maximum Gasteiger partial charge on any atom is 0.245 e. The number of ether oxygens (including phenoxy) is 1. The lowest BCUT2D eigenvalue weighted by Gasteiger charge is -2.26. The van der Waals surface area contributed by atoms with Crippen molar-refractivity contribution >= 4 is 11.8 Å². The molecule has 1 atom stereocenters. The molecule has 2 rings (SSSR count). The van der Waals surface area contributed by atoms with Crippen LogP contribution in [0.2, 0.25) is 0 Å². The van der Waals surface area contributed by atoms with E-state index in [2.05, 4.69) is 10.6 Å². The minimum atomic E-state index is -0.631. The van der Waals surface area contributed by atoms with E-state index in [1.54, 1.807) is 7.05 Å². The van der Waals surface area contributed by atoms with Crippen molar-refractivity contribution in [1.29, 1.82) is 0 Å². The van der Waals surface area contributed by atoms with Crippen LogP contribution >= 0.6 is 0 Å². The van der Waals surface area contributed by atoms with E-state index in [0.717, 1.165) is 18.4 Å². The molecule has 0 heterocycles. The molecule has 1 fully saturated rings. The Labute approximate surface area is 118 Å². The van der Waals surface area contributed by atoms with Crippen molar-refractivity contribution in [2.75, 3.05) is 7.05 Å². The molecule has 0 bridgehead atoms. The first-order valence-corrected chi connectivity index (χ1v) is 6.74. The van der Waals surface area contributed by atoms with Gasteiger partial charge in [-0.15, -0.1) is 0 Å². The topological polar surface area (TPSA) is 67.4 Å². The standard InChI is InChI=1S/C15H20N2O3/c1-11(18)17-13(14(19)16-2)15(8-9-15)20-10-12-6-4-3-5-7-12/h3-7,13H,8-10H2,1-2H3,(H,16,19)(H,17,18). The van der Waals surface area contributed by atoms with Crippen LogP contribution in [0.25, 0.3) is 0 Å². The molecule has 1 aromatic carbocycles. The minimum Gasteiger partial charge on any atom is -0.368 e. The Hall–Kier alpha value is -1.88. The number of carbonyl (C=O) groups is 2. The fraction of sp³-hybridized carbons (Fsp3) is 0.467. The Balaban J connectivity index is 2.03. The average Bonchev–Trinajstić information content (AvgIpc) is 3.24. The molecule has 1 aromatic rings. The summed E-state index contributed by atoms with van der Waals surface area (Å²) >= 11 is 0. The van der Waals surface area contributed by atoms with Crippen molar-refractivity contribution < 1.29 is 14.3 Å². The molecule has 2 N–H and O–H groups in total. The molecule has 0 saturated heterocycles. The zero-order valence-electron chi connectivity index (χ0n) is 11.8. The molecule has 20 heavy (non-hydrogen) atoms. The average molecular weight is 276 g/mol. The van der Waals surface area contributed by atoms with E-state index in [0.29, 0.717) is 6.61 Å². The van der Waals surface area contributed by atoms with Gasteiger partial charge in [0, 0.05) is 14.0 Å². The molecule has 0 spiro atoms. The van der Waals surface area contributed by atoms with E-state index in [1.807, 2.05) is 30.3 Å². The third-order valence-electron chi connectivity index (χ3n) is 3.49. The summed E-state index contributed by atoms with van der Waals surface area (Å²) in [7, 11) is 1.56. The maximum atomic E-state index is 11.9. The summed E-state index contributed by atoms with van der Waals surface area (Å²) in [6, 6.07) is 9.16. The SMILES string of the molecule is CNC(=O)C(NC(C)=O)C1(OCc2ccccc2)CC1. The van der Waals surface area contributed by atoms with E-state index in [1.165, 1.54) is 6.92 Å². The number of hydrogen-bond acceptors (Lipinski definition) is 3. The van der Waals surface area contributed by atoms with Gasteiger partial charge in [0.05, 0.1) is 12.2 Å². The largest absolute Gasteiger partial charge is 0.368 e. The van der Waals surface area contributed by atoms with Crippen molar-refractivity contribution in [3.8, 4) is 0 Å². The third kappa shape index (κ3) is 3.36. The van der Waals surface area contributed by atoms with Crippen LogP contribution in [0.5, 0.6) is 0 Å². The second kappa shape index (κ2) is 6.05. The van der Waals surface area contributed by atoms with E-state index in [4.69, 9.17) is 4.74 Å². The Morgan fingerprint density at radius 3 is 2.45 bits per heavy atom. The highest BCUT2D eigenvalue weighted by atomic mass is 16.5. The summed E-state index contributed by atoms with van der Waals surface area (Å²) in [5.74, 6) is -0.445. The van der Waals surface area contributed by atoms with Crippen LogP contribution in [0.1, 0.15) is 25.3 Å². The Kier molecular flexibility index (Phi) is 4.39. The molecule has 1 aliphatic rings. The first-order chi connectivity index (χ1) is 9.57. The zero-order valence-corrected chi connectivity index (χ0v) is 11.8. The molecule has 0 radical (unpaired) electrons. The van der Waals surface area contributed by atoms with Gasteiger partial charge in [0.25, 0.3) is 0 Å². The quantitative estimate of drug-likeness (QED) is 0.814. The number of rotatable bonds is 6. The fourth-order valence-electron chi connectivity index (χ4n) is 2.22. The first kappa shape index (κ1) is 14.5. The van der Waals surface area contributed by atoms with Crippen LogP contribution in [0.4, 0.5) is 0 Å². The summed E-state index contributed by atoms with van der Waals surface area (Å²) in [4.78, 5) is 23.2. The normalized spacial score (nSPS) is 17.1. The number of hydrogen-bond donors (Lipinski definition) is 2. The van der Waals surface area contributed by atoms with Crippen LogP contribution in [0.3, 0.4) is 0 Å². The van der Waals surface area contributed by atoms with Crippen LogP contribution in [0, 0.1) is 0 Å². The lowest BCUT2D eigenvalue weighted by molar-refractivity contribution is -0.134. The summed E-state index contributed by atoms with van der Waals surface area (Å²) < 4.78 is 5.94. The number of nitrogens with one attached hydrogen (secondary N) is 2. The molecular formula is C15H20N2O3. The van der Waals surface area contributed by atoms with Crippen molar-refractivity contribution in [3.63, 3.8) is 0 Å². The van der Waals surface area contributed by atoms with Gasteiger partial charge in [0.2, 0.25) is 11.8 Å². The highest BCUT2D eigenvalue weighted by Crippen LogP contribution is 2.43. The van der Waals surface area contributed by atoms with Gasteiger partial charge in [-0.25, -0.2) is 0 Å². The van der Waals surface area contributed by atoms with E-state index in [9.17, 15) is 9.59 Å². The summed E-state index contributed by atoms with van der Waals surface area (Å²) in [5, 5.41) is 5.27. The van der Waals surface area contributed by atoms with E-state index in [-0.39, 0.29) is 11.8 Å². The van der Waals surface area contributed by atoms with E-state index < -0.39 is 11.6 Å². The second-order valence-corrected chi connectivity index (χ2v) is 5.09. The van der Waals surface area contributed by atoms with Gasteiger partial charge in [-0.1, -0.05) is 30.3 Å². The van der Waals surface area contributed by atoms with Crippen LogP contribution in [-0.2, 0) is 20.9 Å². The molecule has 2 amide bonds. The molecule has 0 aliphatic heterocycles. The fourth-order valence-corrected chi connectivity index (χ4v) is 2.22. The molecule has 5 nitrogen and oxygen atoms in total. The van der Waals surface area contributed by atoms with Gasteiger partial charge >= 0.3 is 0 Å². The van der Waals surface area contributed by atoms with Crippen LogP contribution < -0.4 is 10.6 Å². The smallest absolute Gasteiger partial charge is 0.245 e. The maximum absolute atomic E-state index is 11.9. The van der Waals surface area contributed by atoms with Gasteiger partial charge in [0.15, 0.2) is 0 Å². The molecule has 5 heteroatoms. The van der Waals surface area contributed by atoms with Gasteiger partial charge in [-0.2, -0.15) is 0 Å². The number of likely N-dealkylation sites (N-methyl/N-ethyl adjacent to an activating group) is 1. The summed E-state index contributed by atoms with van der Waals surface area (Å²) in [5.41, 5.74) is 0.485. The van der Waals surface area contributed by atoms with Gasteiger partial charge in [0.1, 0.15) is 6.04 Å². The Morgan fingerprint density at radius 2 is 1.95 bits per heavy atom. The van der Waals surface area contributed by atoms with Crippen molar-refractivity contribution in [3.05, 3.63) is 35.9 Å². The number of benzene rings is 1. The first-order valence-electron chi connectivity index (χ1n) is 6.74. The Morgan fingerprint density at radius 1 is 1.30 bits per heavy atom. The summed E-state index contributed by atoms with van der Waals surface area (Å²) in [6.45, 7) is 1.84. The van der Waals surface area contributed by atoms with Gasteiger partial charge < -0.3 is 15.4 Å². The number of carbonyl (C=O) groups excluding carboxylic acids is 2. The summed E-state index contributed by atoms with van der Waals surface area (Å²) in [6.07, 6.45) is 1.55. The van der Waals surface area contributed by atoms with Crippen LogP contribution in [0.15, 0.2) is 30.3 Å². The minimum absolute atomic E-state index is 0.217. The lowest BCUT2D eigenvalue weighted by Crippen LogP contribution is -2.54. The molecule has 108 valence electrons. The van der Waals surface area contributed by atoms with Crippen molar-refractivity contribution in [2.24, 2.45) is 0 Å². The molecule has 0 aromatic heterocycles. The zero-order chi connectivity index (χ0) is 14.6. The second-order valence-electron chi connectivity index (χ2n) is 5.09. The van der Waals surface area contributed by atoms with Crippen molar-refractivity contribution in [1.82, 2.24) is 10.6 Å². The van der Waals surface area contributed by atoms with E-state index >= 15 is 0 Å². The molecular weight excluding hydrogens is 256 g/mol. The molecule has 1 saturated carbocycles. The highest BCUT2D eigenvalue weighted by Gasteiger charge is 2.54. The lowest BCUT2D eigenvalue weighted by atomic mass is 10.1. The third-order valence-corrected chi connectivity index (χ3v) is 3.49. The van der Waals surface area contributed by atoms with Gasteiger partial charge in [-0.05, 0) is 18.4 Å². The number of amides is 2. The predicted molar refractivity (Wildman–Crippen MR) is 74.9 cm³/mol. The van der Waals surface area contributed by atoms with Crippen molar-refractivity contribution in [2.45, 2.75) is 38.0 Å². The predicted octanol–water partition coefficient (Wildman–Crippen LogP) is 0.987. The molecule has 1 unspecified atom stereocenters. The highest BCUT2D eigenvalue weighted by molar-refractivity contribution is 5.88. The van der Waals surface area contributed by atoms with Gasteiger partial charge in [-0.3, -0.25) is 9.59 Å². The van der Waals surface area contributed by atoms with Crippen LogP contribution in [-0.4, -0.2) is 30.5 Å². The Bertz CT molecular complexity index is 483. The molecule has 1 aliphatic carbocycles. The monoisotopic (exact) mass is 276 g/mol.